The summed E-state index contributed by atoms with van der Waals surface area (Å²) < 4.78 is 19.3. The summed E-state index contributed by atoms with van der Waals surface area (Å²) in [5, 5.41) is 3.26. The molecular weight excluding hydrogens is 377 g/mol. The Labute approximate surface area is 141 Å². The fraction of sp³-hybridized carbons (Fsp3) is 0.133. The third-order valence-electron chi connectivity index (χ3n) is 2.61. The fourth-order valence-corrected chi connectivity index (χ4v) is 2.45. The van der Waals surface area contributed by atoms with Gasteiger partial charge in [-0.15, -0.1) is 0 Å². The summed E-state index contributed by atoms with van der Waals surface area (Å²) in [6, 6.07) is 12.4. The van der Waals surface area contributed by atoms with Gasteiger partial charge in [0.05, 0.1) is 23.9 Å². The van der Waals surface area contributed by atoms with Crippen molar-refractivity contribution in [3.05, 3.63) is 63.3 Å². The van der Waals surface area contributed by atoms with Crippen LogP contribution in [0.5, 0.6) is 0 Å². The van der Waals surface area contributed by atoms with Crippen LogP contribution in [-0.2, 0) is 11.3 Å². The summed E-state index contributed by atoms with van der Waals surface area (Å²) in [6.07, 6.45) is 0. The minimum absolute atomic E-state index is 0.231. The van der Waals surface area contributed by atoms with Crippen LogP contribution in [-0.4, -0.2) is 11.6 Å². The molecule has 0 bridgehead atoms. The summed E-state index contributed by atoms with van der Waals surface area (Å²) in [6.45, 7) is 0.692. The monoisotopic (exact) mass is 387 g/mol. The van der Waals surface area contributed by atoms with Crippen LogP contribution >= 0.6 is 39.7 Å². The first-order chi connectivity index (χ1) is 10.1. The molecule has 1 N–H and O–H groups in total. The Kier molecular flexibility index (Phi) is 6.11. The molecule has 0 atom stereocenters. The van der Waals surface area contributed by atoms with Crippen LogP contribution in [0.1, 0.15) is 5.56 Å². The van der Waals surface area contributed by atoms with E-state index < -0.39 is 5.82 Å². The van der Waals surface area contributed by atoms with Gasteiger partial charge in [-0.1, -0.05) is 54.2 Å². The lowest BCUT2D eigenvalue weighted by atomic mass is 10.2. The van der Waals surface area contributed by atoms with Crippen LogP contribution < -0.4 is 5.32 Å². The van der Waals surface area contributed by atoms with Crippen LogP contribution in [0.15, 0.2) is 46.9 Å². The van der Waals surface area contributed by atoms with Crippen molar-refractivity contribution in [3.63, 3.8) is 0 Å². The van der Waals surface area contributed by atoms with E-state index in [1.165, 1.54) is 12.1 Å². The van der Waals surface area contributed by atoms with Crippen molar-refractivity contribution >= 4 is 50.4 Å². The second kappa shape index (κ2) is 7.84. The van der Waals surface area contributed by atoms with Gasteiger partial charge in [-0.2, -0.15) is 0 Å². The van der Waals surface area contributed by atoms with Crippen LogP contribution in [0.25, 0.3) is 0 Å². The summed E-state index contributed by atoms with van der Waals surface area (Å²) in [7, 11) is 0. The Morgan fingerprint density at radius 1 is 1.29 bits per heavy atom. The van der Waals surface area contributed by atoms with Crippen molar-refractivity contribution in [3.8, 4) is 0 Å². The molecule has 0 radical (unpaired) electrons. The topological polar surface area (TPSA) is 21.3 Å². The molecule has 2 aromatic rings. The number of halogens is 3. The smallest absolute Gasteiger partial charge is 0.126 e. The molecule has 0 aliphatic rings. The van der Waals surface area contributed by atoms with Crippen LogP contribution in [0.2, 0.25) is 5.02 Å². The first kappa shape index (κ1) is 16.4. The van der Waals surface area contributed by atoms with Gasteiger partial charge in [-0.05, 0) is 33.6 Å². The van der Waals surface area contributed by atoms with Crippen LogP contribution in [0.3, 0.4) is 0 Å². The minimum atomic E-state index is -0.401. The van der Waals surface area contributed by atoms with E-state index in [-0.39, 0.29) is 6.61 Å². The highest BCUT2D eigenvalue weighted by Gasteiger charge is 2.09. The van der Waals surface area contributed by atoms with Crippen LogP contribution in [0, 0.1) is 5.82 Å². The molecule has 110 valence electrons. The third kappa shape index (κ3) is 5.04. The first-order valence-corrected chi connectivity index (χ1v) is 7.70. The first-order valence-electron chi connectivity index (χ1n) is 6.12. The molecule has 0 heterocycles. The predicted molar refractivity (Wildman–Crippen MR) is 91.4 cm³/mol. The molecule has 2 aromatic carbocycles. The van der Waals surface area contributed by atoms with Crippen molar-refractivity contribution in [1.29, 1.82) is 0 Å². The molecule has 0 amide bonds. The third-order valence-corrected chi connectivity index (χ3v) is 4.09. The molecule has 2 rings (SSSR count). The molecule has 0 spiro atoms. The number of hydrogen-bond donors (Lipinski definition) is 1. The largest absolute Gasteiger partial charge is 0.370 e. The molecule has 0 aliphatic heterocycles. The summed E-state index contributed by atoms with van der Waals surface area (Å²) in [5.74, 6) is -0.401. The van der Waals surface area contributed by atoms with Gasteiger partial charge in [-0.25, -0.2) is 4.39 Å². The molecule has 0 saturated carbocycles. The molecule has 0 unspecified atom stereocenters. The molecule has 0 aliphatic carbocycles. The van der Waals surface area contributed by atoms with Gasteiger partial charge in [0.15, 0.2) is 0 Å². The maximum absolute atomic E-state index is 13.3. The highest BCUT2D eigenvalue weighted by Crippen LogP contribution is 2.31. The highest BCUT2D eigenvalue weighted by molar-refractivity contribution is 9.10. The molecular formula is C15H12BrClFNOS. The average molecular weight is 389 g/mol. The number of thiocarbonyl (C=S) groups is 1. The predicted octanol–water partition coefficient (Wildman–Crippen LogP) is 5.20. The Balaban J connectivity index is 1.88. The lowest BCUT2D eigenvalue weighted by Crippen LogP contribution is -2.16. The minimum Gasteiger partial charge on any atom is -0.370 e. The van der Waals surface area contributed by atoms with E-state index in [4.69, 9.17) is 28.6 Å². The highest BCUT2D eigenvalue weighted by atomic mass is 79.9. The van der Waals surface area contributed by atoms with Gasteiger partial charge in [0.25, 0.3) is 0 Å². The number of benzene rings is 2. The molecule has 0 fully saturated rings. The maximum Gasteiger partial charge on any atom is 0.126 e. The lowest BCUT2D eigenvalue weighted by molar-refractivity contribution is 0.159. The number of anilines is 1. The Hall–Kier alpha value is -1.01. The van der Waals surface area contributed by atoms with Crippen molar-refractivity contribution in [1.82, 2.24) is 0 Å². The molecule has 0 saturated heterocycles. The van der Waals surface area contributed by atoms with Gasteiger partial charge in [-0.3, -0.25) is 0 Å². The molecule has 0 aromatic heterocycles. The molecule has 21 heavy (non-hydrogen) atoms. The number of hydrogen-bond acceptors (Lipinski definition) is 2. The van der Waals surface area contributed by atoms with E-state index in [0.717, 1.165) is 5.56 Å². The van der Waals surface area contributed by atoms with Gasteiger partial charge >= 0.3 is 0 Å². The Morgan fingerprint density at radius 3 is 2.71 bits per heavy atom. The maximum atomic E-state index is 13.3. The normalized spacial score (nSPS) is 10.4. The Bertz CT molecular complexity index is 639. The van der Waals surface area contributed by atoms with E-state index in [0.29, 0.717) is 26.8 Å². The van der Waals surface area contributed by atoms with Crippen molar-refractivity contribution in [2.45, 2.75) is 6.61 Å². The zero-order valence-electron chi connectivity index (χ0n) is 10.9. The zero-order chi connectivity index (χ0) is 15.2. The van der Waals surface area contributed by atoms with Gasteiger partial charge < -0.3 is 10.1 Å². The van der Waals surface area contributed by atoms with Crippen molar-refractivity contribution in [2.24, 2.45) is 0 Å². The van der Waals surface area contributed by atoms with E-state index in [1.54, 1.807) is 0 Å². The number of ether oxygens (including phenoxy) is 1. The van der Waals surface area contributed by atoms with Gasteiger partial charge in [0.1, 0.15) is 10.8 Å². The zero-order valence-corrected chi connectivity index (χ0v) is 14.1. The van der Waals surface area contributed by atoms with Crippen molar-refractivity contribution < 1.29 is 9.13 Å². The fourth-order valence-electron chi connectivity index (χ4n) is 1.67. The SMILES string of the molecule is Fc1cc(Br)c(Cl)c(NC(=S)COCc2ccccc2)c1. The number of nitrogens with one attached hydrogen (secondary N) is 1. The summed E-state index contributed by atoms with van der Waals surface area (Å²) in [4.78, 5) is 0.435. The van der Waals surface area contributed by atoms with Crippen molar-refractivity contribution in [2.75, 3.05) is 11.9 Å². The standard InChI is InChI=1S/C15H12BrClFNOS/c16-12-6-11(18)7-13(15(12)17)19-14(21)9-20-8-10-4-2-1-3-5-10/h1-7H,8-9H2,(H,19,21). The van der Waals surface area contributed by atoms with E-state index in [2.05, 4.69) is 21.2 Å². The van der Waals surface area contributed by atoms with E-state index >= 15 is 0 Å². The Morgan fingerprint density at radius 2 is 2.00 bits per heavy atom. The summed E-state index contributed by atoms with van der Waals surface area (Å²) in [5.41, 5.74) is 1.48. The quantitative estimate of drug-likeness (QED) is 0.562. The number of rotatable bonds is 5. The van der Waals surface area contributed by atoms with Crippen LogP contribution in [0.4, 0.5) is 10.1 Å². The molecule has 6 heteroatoms. The van der Waals surface area contributed by atoms with Gasteiger partial charge in [0, 0.05) is 4.47 Å². The average Bonchev–Trinajstić information content (AvgIpc) is 2.45. The second-order valence-corrected chi connectivity index (χ2v) is 6.00. The van der Waals surface area contributed by atoms with Gasteiger partial charge in [0.2, 0.25) is 0 Å². The molecule has 2 nitrogen and oxygen atoms in total. The lowest BCUT2D eigenvalue weighted by Gasteiger charge is -2.11. The van der Waals surface area contributed by atoms with E-state index in [1.807, 2.05) is 30.3 Å². The summed E-state index contributed by atoms with van der Waals surface area (Å²) >= 11 is 14.4. The van der Waals surface area contributed by atoms with E-state index in [9.17, 15) is 4.39 Å². The second-order valence-electron chi connectivity index (χ2n) is 4.28.